The van der Waals surface area contributed by atoms with Crippen LogP contribution < -0.4 is 26.8 Å². The number of amides is 6. The minimum atomic E-state index is -2.07. The summed E-state index contributed by atoms with van der Waals surface area (Å²) in [5.41, 5.74) is 2.60. The highest BCUT2D eigenvalue weighted by Crippen LogP contribution is 2.46. The molecule has 3 aliphatic heterocycles. The molecule has 9 rings (SSSR count). The van der Waals surface area contributed by atoms with E-state index in [-0.39, 0.29) is 99.3 Å². The third-order valence-corrected chi connectivity index (χ3v) is 15.6. The Balaban J connectivity index is 0.813. The van der Waals surface area contributed by atoms with Crippen molar-refractivity contribution in [2.24, 2.45) is 5.92 Å². The van der Waals surface area contributed by atoms with Crippen LogP contribution in [0.4, 0.5) is 4.39 Å². The number of aryl methyl sites for hydroxylation is 1. The van der Waals surface area contributed by atoms with Crippen LogP contribution in [-0.4, -0.2) is 98.2 Å². The van der Waals surface area contributed by atoms with E-state index in [1.54, 1.807) is 50.2 Å². The van der Waals surface area contributed by atoms with E-state index < -0.39 is 77.5 Å². The number of Topliss-reactive ketones (excluding diaryl/α,β-unsaturated/α-hetero) is 2. The smallest absolute Gasteiger partial charge is 0.343 e. The van der Waals surface area contributed by atoms with Crippen molar-refractivity contribution in [3.05, 3.63) is 146 Å². The number of carbonyl (C=O) groups is 9. The zero-order valence-electron chi connectivity index (χ0n) is 44.5. The minimum absolute atomic E-state index is 0.0354. The summed E-state index contributed by atoms with van der Waals surface area (Å²) in [6.45, 7) is 2.32. The van der Waals surface area contributed by atoms with Crippen molar-refractivity contribution in [2.45, 2.75) is 122 Å². The SMILES string of the molecule is CC[C@@]1(O)C(=O)OCc2c1cc1n(c2=O)Cc2c-1nc1cc(F)c(C)c3c1c2[C@@H](NC(=O)CNC(=O)[C@@H](CC(=O)CNC(=O)CCC(=O)[C@H](Cc1ccccc1)NC(=O)CCCCCN1C(=O)C=CC1=O)Cc1ccccc1)CC3. The van der Waals surface area contributed by atoms with Gasteiger partial charge in [0.15, 0.2) is 17.2 Å². The molecule has 5 aromatic rings. The molecule has 0 unspecified atom stereocenters. The molecule has 80 heavy (non-hydrogen) atoms. The van der Waals surface area contributed by atoms with Gasteiger partial charge in [0.1, 0.15) is 12.4 Å². The number of rotatable bonds is 24. The number of benzene rings is 3. The fourth-order valence-corrected chi connectivity index (χ4v) is 11.2. The number of unbranched alkanes of at least 4 members (excludes halogenated alkanes) is 2. The van der Waals surface area contributed by atoms with Crippen LogP contribution in [-0.2, 0) is 85.9 Å². The molecule has 0 radical (unpaired) electrons. The fourth-order valence-electron chi connectivity index (χ4n) is 11.2. The fraction of sp³-hybridized carbons (Fsp3) is 0.383. The van der Waals surface area contributed by atoms with Crippen molar-refractivity contribution in [3.63, 3.8) is 0 Å². The number of esters is 1. The average Bonchev–Trinajstić information content (AvgIpc) is 4.14. The second-order valence-corrected chi connectivity index (χ2v) is 20.8. The largest absolute Gasteiger partial charge is 0.458 e. The molecule has 2 aromatic heterocycles. The molecule has 3 aromatic carbocycles. The molecule has 0 bridgehead atoms. The van der Waals surface area contributed by atoms with Gasteiger partial charge in [-0.25, -0.2) is 14.2 Å². The number of pyridine rings is 2. The number of aromatic nitrogens is 2. The number of fused-ring (bicyclic) bond motifs is 5. The summed E-state index contributed by atoms with van der Waals surface area (Å²) in [7, 11) is 0. The van der Waals surface area contributed by atoms with Gasteiger partial charge in [-0.05, 0) is 85.8 Å². The van der Waals surface area contributed by atoms with Gasteiger partial charge in [-0.3, -0.25) is 48.1 Å². The monoisotopic (exact) mass is 1090 g/mol. The van der Waals surface area contributed by atoms with Crippen molar-refractivity contribution >= 4 is 63.9 Å². The molecule has 20 heteroatoms. The molecular weight excluding hydrogens is 1030 g/mol. The molecule has 0 fully saturated rings. The van der Waals surface area contributed by atoms with Gasteiger partial charge in [0.05, 0.1) is 54.2 Å². The number of aliphatic hydroxyl groups is 1. The number of ether oxygens (including phenoxy) is 1. The number of hydrogen-bond donors (Lipinski definition) is 5. The third-order valence-electron chi connectivity index (χ3n) is 15.6. The molecule has 1 aliphatic carbocycles. The van der Waals surface area contributed by atoms with Crippen LogP contribution in [0.1, 0.15) is 115 Å². The maximum atomic E-state index is 15.5. The van der Waals surface area contributed by atoms with Gasteiger partial charge in [0.2, 0.25) is 23.6 Å². The number of nitrogens with one attached hydrogen (secondary N) is 4. The van der Waals surface area contributed by atoms with Crippen LogP contribution in [0.2, 0.25) is 0 Å². The number of cyclic esters (lactones) is 1. The zero-order valence-corrected chi connectivity index (χ0v) is 44.5. The van der Waals surface area contributed by atoms with Crippen LogP contribution in [0.15, 0.2) is 89.7 Å². The van der Waals surface area contributed by atoms with Crippen LogP contribution in [0.5, 0.6) is 0 Å². The van der Waals surface area contributed by atoms with Crippen molar-refractivity contribution in [2.75, 3.05) is 19.6 Å². The maximum absolute atomic E-state index is 15.5. The van der Waals surface area contributed by atoms with Gasteiger partial charge in [0.25, 0.3) is 17.4 Å². The molecule has 0 saturated carbocycles. The Morgan fingerprint density at radius 3 is 2.21 bits per heavy atom. The van der Waals surface area contributed by atoms with Gasteiger partial charge in [-0.2, -0.15) is 0 Å². The Labute approximate surface area is 459 Å². The van der Waals surface area contributed by atoms with E-state index in [1.807, 2.05) is 30.3 Å². The van der Waals surface area contributed by atoms with E-state index in [9.17, 15) is 53.1 Å². The topological polar surface area (TPSA) is 269 Å². The lowest BCUT2D eigenvalue weighted by molar-refractivity contribution is -0.172. The molecule has 5 N–H and O–H groups in total. The molecule has 5 heterocycles. The highest BCUT2D eigenvalue weighted by atomic mass is 19.1. The second-order valence-electron chi connectivity index (χ2n) is 20.8. The van der Waals surface area contributed by atoms with E-state index in [1.165, 1.54) is 22.8 Å². The van der Waals surface area contributed by atoms with Gasteiger partial charge in [-0.1, -0.05) is 74.0 Å². The predicted molar refractivity (Wildman–Crippen MR) is 288 cm³/mol. The third kappa shape index (κ3) is 12.0. The predicted octanol–water partition coefficient (Wildman–Crippen LogP) is 4.24. The number of carbonyl (C=O) groups excluding carboxylic acids is 9. The van der Waals surface area contributed by atoms with Crippen molar-refractivity contribution in [1.82, 2.24) is 35.7 Å². The summed E-state index contributed by atoms with van der Waals surface area (Å²) in [6, 6.07) is 19.3. The number of hydrogen-bond acceptors (Lipinski definition) is 13. The summed E-state index contributed by atoms with van der Waals surface area (Å²) in [4.78, 5) is 138. The Morgan fingerprint density at radius 2 is 1.51 bits per heavy atom. The lowest BCUT2D eigenvalue weighted by atomic mass is 9.81. The van der Waals surface area contributed by atoms with Crippen molar-refractivity contribution in [1.29, 1.82) is 0 Å². The molecule has 6 amide bonds. The van der Waals surface area contributed by atoms with Gasteiger partial charge in [-0.15, -0.1) is 0 Å². The molecule has 4 atom stereocenters. The lowest BCUT2D eigenvalue weighted by Crippen LogP contribution is -2.44. The van der Waals surface area contributed by atoms with E-state index in [0.29, 0.717) is 76.6 Å². The minimum Gasteiger partial charge on any atom is -0.458 e. The summed E-state index contributed by atoms with van der Waals surface area (Å²) in [5, 5.41) is 23.2. The quantitative estimate of drug-likeness (QED) is 0.0323. The number of ketones is 2. The molecule has 0 saturated heterocycles. The van der Waals surface area contributed by atoms with Crippen LogP contribution in [0.25, 0.3) is 22.3 Å². The van der Waals surface area contributed by atoms with Crippen molar-refractivity contribution in [3.8, 4) is 11.4 Å². The Bertz CT molecular complexity index is 3420. The van der Waals surface area contributed by atoms with Gasteiger partial charge < -0.3 is 35.7 Å². The summed E-state index contributed by atoms with van der Waals surface area (Å²) < 4.78 is 22.2. The standard InChI is InChI=1S/C60H62FN7O12/c1-3-60(79)42-28-47-56-40(32-68(47)58(77)41(42)33-80-59(60)78)55-44(19-18-39-34(2)43(61)29-46(66-56)54(39)55)64-51(73)31-63-57(76)37(25-35-13-7-4-8-14-35)27-38(69)30-62-49(71)21-20-48(70)45(26-36-15-9-5-10-16-36)65-50(72)17-11-6-12-24-67-52(74)22-23-53(67)75/h4-5,7-10,13-16,22-23,28-29,37,44-45,79H,3,6,11-12,17-21,24-27,30-33H2,1-2H3,(H,62,71)(H,63,76)(H,64,73)(H,65,72)/t37-,44+,45+,60+/m1/s1. The Hall–Kier alpha value is -8.52. The van der Waals surface area contributed by atoms with Crippen LogP contribution in [0.3, 0.4) is 0 Å². The number of imide groups is 1. The number of nitrogens with zero attached hydrogens (tertiary/aromatic N) is 3. The first-order chi connectivity index (χ1) is 38.4. The van der Waals surface area contributed by atoms with Crippen LogP contribution in [0, 0.1) is 18.7 Å². The Morgan fingerprint density at radius 1 is 0.812 bits per heavy atom. The summed E-state index contributed by atoms with van der Waals surface area (Å²) in [6.07, 6.45) is 4.26. The van der Waals surface area contributed by atoms with E-state index in [4.69, 9.17) is 9.72 Å². The normalized spacial score (nSPS) is 17.5. The van der Waals surface area contributed by atoms with E-state index >= 15 is 4.39 Å². The van der Waals surface area contributed by atoms with Gasteiger partial charge >= 0.3 is 5.97 Å². The van der Waals surface area contributed by atoms with Gasteiger partial charge in [0, 0.05) is 72.9 Å². The molecule has 19 nitrogen and oxygen atoms in total. The number of halogens is 1. The Kier molecular flexibility index (Phi) is 17.0. The maximum Gasteiger partial charge on any atom is 0.343 e. The van der Waals surface area contributed by atoms with Crippen LogP contribution >= 0.6 is 0 Å². The first-order valence-electron chi connectivity index (χ1n) is 27.0. The zero-order chi connectivity index (χ0) is 56.8. The highest BCUT2D eigenvalue weighted by Gasteiger charge is 2.46. The molecule has 4 aliphatic rings. The van der Waals surface area contributed by atoms with E-state index in [0.717, 1.165) is 16.0 Å². The molecule has 416 valence electrons. The van der Waals surface area contributed by atoms with Crippen molar-refractivity contribution < 1.29 is 57.4 Å². The summed E-state index contributed by atoms with van der Waals surface area (Å²) in [5.74, 6) is -5.99. The second kappa shape index (κ2) is 24.2. The molecular formula is C60H62FN7O12. The average molecular weight is 1090 g/mol. The summed E-state index contributed by atoms with van der Waals surface area (Å²) >= 11 is 0. The van der Waals surface area contributed by atoms with E-state index in [2.05, 4.69) is 21.3 Å². The molecule has 0 spiro atoms. The highest BCUT2D eigenvalue weighted by molar-refractivity contribution is 6.12. The lowest BCUT2D eigenvalue weighted by Gasteiger charge is -2.31. The first kappa shape index (κ1) is 56.2. The first-order valence-corrected chi connectivity index (χ1v) is 27.0.